The number of hydrogen-bond donors (Lipinski definition) is 0. The predicted molar refractivity (Wildman–Crippen MR) is 51.8 cm³/mol. The number of cyclic esters (lactones) is 1. The number of hydrogen-bond acceptors (Lipinski definition) is 4. The molecular formula is C11H8NNaO3. The maximum Gasteiger partial charge on any atom is 1.00 e. The molecular weight excluding hydrogens is 217 g/mol. The zero-order valence-corrected chi connectivity index (χ0v) is 10.8. The van der Waals surface area contributed by atoms with Crippen LogP contribution in [0.1, 0.15) is 5.56 Å². The van der Waals surface area contributed by atoms with Crippen LogP contribution >= 0.6 is 0 Å². The second kappa shape index (κ2) is 5.84. The largest absolute Gasteiger partial charge is 1.00 e. The summed E-state index contributed by atoms with van der Waals surface area (Å²) in [6.07, 6.45) is 0.824. The summed E-state index contributed by atoms with van der Waals surface area (Å²) >= 11 is 0. The van der Waals surface area contributed by atoms with Gasteiger partial charge < -0.3 is 9.84 Å². The maximum atomic E-state index is 11.0. The smallest absolute Gasteiger partial charge is 0.876 e. The molecule has 0 N–H and O–H groups in total. The average Bonchev–Trinajstić information content (AvgIpc) is 2.60. The number of benzene rings is 1. The van der Waals surface area contributed by atoms with E-state index >= 15 is 0 Å². The topological polar surface area (TPSA) is 61.7 Å². The Balaban J connectivity index is 0.00000128. The Hall–Kier alpha value is -1.10. The second-order valence-electron chi connectivity index (χ2n) is 3.06. The first kappa shape index (κ1) is 13.0. The number of rotatable bonds is 2. The van der Waals surface area contributed by atoms with Gasteiger partial charge in [-0.2, -0.15) is 0 Å². The Morgan fingerprint density at radius 2 is 2.00 bits per heavy atom. The first-order valence-electron chi connectivity index (χ1n) is 4.45. The summed E-state index contributed by atoms with van der Waals surface area (Å²) in [7, 11) is 0. The summed E-state index contributed by atoms with van der Waals surface area (Å²) < 4.78 is 4.81. The fourth-order valence-electron chi connectivity index (χ4n) is 1.28. The third-order valence-corrected chi connectivity index (χ3v) is 1.97. The Morgan fingerprint density at radius 1 is 1.31 bits per heavy atom. The first-order valence-corrected chi connectivity index (χ1v) is 4.45. The van der Waals surface area contributed by atoms with Crippen LogP contribution in [0, 0.1) is 0 Å². The summed E-state index contributed by atoms with van der Waals surface area (Å²) in [5.41, 5.74) is 0.817. The van der Waals surface area contributed by atoms with Crippen molar-refractivity contribution in [2.24, 2.45) is 4.99 Å². The van der Waals surface area contributed by atoms with E-state index in [9.17, 15) is 9.90 Å². The zero-order valence-electron chi connectivity index (χ0n) is 8.84. The standard InChI is InChI=1S/C11H9NO3.Na/c13-7-9-11(14)15-10(12-9)6-8-4-2-1-3-5-8;/h1-5,7,13H,6H2;/q;+1/p-1/b9-7+;. The van der Waals surface area contributed by atoms with Gasteiger partial charge in [0.15, 0.2) is 0 Å². The number of esters is 1. The molecule has 0 amide bonds. The van der Waals surface area contributed by atoms with E-state index in [-0.39, 0.29) is 41.2 Å². The summed E-state index contributed by atoms with van der Waals surface area (Å²) in [5.74, 6) is -0.399. The summed E-state index contributed by atoms with van der Waals surface area (Å²) in [5, 5.41) is 10.4. The molecule has 0 saturated carbocycles. The van der Waals surface area contributed by atoms with Gasteiger partial charge in [-0.05, 0) is 5.56 Å². The molecule has 1 heterocycles. The molecule has 0 fully saturated rings. The van der Waals surface area contributed by atoms with Crippen molar-refractivity contribution in [3.63, 3.8) is 0 Å². The third kappa shape index (κ3) is 2.95. The van der Waals surface area contributed by atoms with Gasteiger partial charge in [0.05, 0.1) is 0 Å². The summed E-state index contributed by atoms with van der Waals surface area (Å²) in [4.78, 5) is 14.8. The van der Waals surface area contributed by atoms with Crippen LogP contribution in [0.2, 0.25) is 0 Å². The van der Waals surface area contributed by atoms with Crippen LogP contribution in [-0.4, -0.2) is 11.9 Å². The quantitative estimate of drug-likeness (QED) is 0.240. The van der Waals surface area contributed by atoms with Crippen molar-refractivity contribution < 1.29 is 44.2 Å². The van der Waals surface area contributed by atoms with Crippen LogP contribution in [0.5, 0.6) is 0 Å². The minimum absolute atomic E-state index is 0. The van der Waals surface area contributed by atoms with Crippen molar-refractivity contribution in [2.75, 3.05) is 0 Å². The van der Waals surface area contributed by atoms with Gasteiger partial charge in [0, 0.05) is 6.42 Å². The molecule has 0 bridgehead atoms. The third-order valence-electron chi connectivity index (χ3n) is 1.97. The van der Waals surface area contributed by atoms with Gasteiger partial charge in [-0.25, -0.2) is 9.79 Å². The average molecular weight is 225 g/mol. The van der Waals surface area contributed by atoms with Gasteiger partial charge in [0.2, 0.25) is 5.90 Å². The van der Waals surface area contributed by atoms with E-state index in [1.807, 2.05) is 30.3 Å². The van der Waals surface area contributed by atoms with Crippen LogP contribution in [0.3, 0.4) is 0 Å². The monoisotopic (exact) mass is 225 g/mol. The van der Waals surface area contributed by atoms with Crippen molar-refractivity contribution in [3.05, 3.63) is 47.9 Å². The van der Waals surface area contributed by atoms with Crippen molar-refractivity contribution in [3.8, 4) is 0 Å². The van der Waals surface area contributed by atoms with E-state index < -0.39 is 5.97 Å². The molecule has 0 aromatic heterocycles. The molecule has 1 aliphatic heterocycles. The predicted octanol–water partition coefficient (Wildman–Crippen LogP) is -2.61. The molecule has 76 valence electrons. The van der Waals surface area contributed by atoms with E-state index in [1.165, 1.54) is 0 Å². The molecule has 4 nitrogen and oxygen atoms in total. The molecule has 0 spiro atoms. The Kier molecular flexibility index (Phi) is 4.73. The molecule has 0 saturated heterocycles. The second-order valence-corrected chi connectivity index (χ2v) is 3.06. The minimum Gasteiger partial charge on any atom is -0.876 e. The van der Waals surface area contributed by atoms with Gasteiger partial charge in [-0.1, -0.05) is 30.3 Å². The van der Waals surface area contributed by atoms with E-state index in [2.05, 4.69) is 4.99 Å². The Morgan fingerprint density at radius 3 is 2.56 bits per heavy atom. The number of carbonyl (C=O) groups excluding carboxylic acids is 1. The minimum atomic E-state index is -0.670. The molecule has 1 aliphatic rings. The number of carbonyl (C=O) groups is 1. The Bertz CT molecular complexity index is 440. The molecule has 0 aliphatic carbocycles. The van der Waals surface area contributed by atoms with Crippen LogP contribution in [0.25, 0.3) is 0 Å². The van der Waals surface area contributed by atoms with Crippen molar-refractivity contribution in [2.45, 2.75) is 6.42 Å². The van der Waals surface area contributed by atoms with Crippen LogP contribution in [0.15, 0.2) is 47.3 Å². The Labute approximate surface area is 115 Å². The molecule has 16 heavy (non-hydrogen) atoms. The molecule has 0 atom stereocenters. The van der Waals surface area contributed by atoms with E-state index in [4.69, 9.17) is 4.74 Å². The number of nitrogens with zero attached hydrogens (tertiary/aromatic N) is 1. The molecule has 5 heteroatoms. The van der Waals surface area contributed by atoms with E-state index in [1.54, 1.807) is 0 Å². The molecule has 2 rings (SSSR count). The van der Waals surface area contributed by atoms with Crippen molar-refractivity contribution >= 4 is 11.9 Å². The van der Waals surface area contributed by atoms with E-state index in [0.717, 1.165) is 5.56 Å². The number of ether oxygens (including phenoxy) is 1. The number of aliphatic imine (C=N–C) groups is 1. The van der Waals surface area contributed by atoms with Crippen LogP contribution < -0.4 is 34.7 Å². The van der Waals surface area contributed by atoms with Gasteiger partial charge in [-0.15, -0.1) is 6.26 Å². The van der Waals surface area contributed by atoms with Crippen LogP contribution in [0.4, 0.5) is 0 Å². The first-order chi connectivity index (χ1) is 7.29. The SMILES string of the molecule is O=C1OC(Cc2ccccc2)=N/C1=C/[O-].[Na+]. The van der Waals surface area contributed by atoms with Gasteiger partial charge in [-0.3, -0.25) is 0 Å². The molecule has 1 aromatic carbocycles. The molecule has 0 unspecified atom stereocenters. The summed E-state index contributed by atoms with van der Waals surface area (Å²) in [6.45, 7) is 0. The summed E-state index contributed by atoms with van der Waals surface area (Å²) in [6, 6.07) is 9.47. The van der Waals surface area contributed by atoms with Gasteiger partial charge in [0.1, 0.15) is 5.70 Å². The van der Waals surface area contributed by atoms with E-state index in [0.29, 0.717) is 12.7 Å². The van der Waals surface area contributed by atoms with Crippen molar-refractivity contribution in [1.82, 2.24) is 0 Å². The fraction of sp³-hybridized carbons (Fsp3) is 0.0909. The molecule has 0 radical (unpaired) electrons. The maximum absolute atomic E-state index is 11.0. The fourth-order valence-corrected chi connectivity index (χ4v) is 1.28. The zero-order chi connectivity index (χ0) is 10.7. The van der Waals surface area contributed by atoms with Crippen molar-refractivity contribution in [1.29, 1.82) is 0 Å². The van der Waals surface area contributed by atoms with Gasteiger partial charge >= 0.3 is 35.5 Å². The molecule has 1 aromatic rings. The normalized spacial score (nSPS) is 16.6. The van der Waals surface area contributed by atoms with Gasteiger partial charge in [0.25, 0.3) is 0 Å². The van der Waals surface area contributed by atoms with Crippen LogP contribution in [-0.2, 0) is 16.0 Å².